The predicted octanol–water partition coefficient (Wildman–Crippen LogP) is 3.28. The summed E-state index contributed by atoms with van der Waals surface area (Å²) >= 11 is 0. The quantitative estimate of drug-likeness (QED) is 0.771. The van der Waals surface area contributed by atoms with Crippen LogP contribution in [0, 0.1) is 0 Å². The molecule has 0 unspecified atom stereocenters. The number of hydrogen-bond donors (Lipinski definition) is 0. The van der Waals surface area contributed by atoms with Gasteiger partial charge in [-0.2, -0.15) is 0 Å². The summed E-state index contributed by atoms with van der Waals surface area (Å²) in [6, 6.07) is 7.71. The van der Waals surface area contributed by atoms with Gasteiger partial charge in [0.25, 0.3) is 0 Å². The fourth-order valence-electron chi connectivity index (χ4n) is 3.17. The van der Waals surface area contributed by atoms with Crippen molar-refractivity contribution in [3.05, 3.63) is 29.8 Å². The molecule has 0 N–H and O–H groups in total. The van der Waals surface area contributed by atoms with Crippen LogP contribution in [-0.4, -0.2) is 36.4 Å². The molecular formula is C17H23NO2. The summed E-state index contributed by atoms with van der Waals surface area (Å²) in [6.07, 6.45) is 6.95. The summed E-state index contributed by atoms with van der Waals surface area (Å²) in [6.45, 7) is 0. The lowest BCUT2D eigenvalue weighted by Gasteiger charge is -2.34. The van der Waals surface area contributed by atoms with Crippen LogP contribution >= 0.6 is 0 Å². The Morgan fingerprint density at radius 2 is 1.75 bits per heavy atom. The third kappa shape index (κ3) is 2.47. The molecular weight excluding hydrogens is 250 g/mol. The Labute approximate surface area is 120 Å². The summed E-state index contributed by atoms with van der Waals surface area (Å²) in [5, 5.41) is 0. The molecule has 3 heteroatoms. The van der Waals surface area contributed by atoms with E-state index < -0.39 is 0 Å². The molecule has 0 saturated heterocycles. The maximum atomic E-state index is 12.9. The number of nitrogens with zero attached hydrogens (tertiary/aromatic N) is 1. The number of hydrogen-bond acceptors (Lipinski definition) is 3. The summed E-state index contributed by atoms with van der Waals surface area (Å²) < 4.78 is 5.74. The van der Waals surface area contributed by atoms with Gasteiger partial charge in [0.05, 0.1) is 11.6 Å². The van der Waals surface area contributed by atoms with E-state index in [9.17, 15) is 4.79 Å². The lowest BCUT2D eigenvalue weighted by atomic mass is 9.86. The molecule has 1 aromatic rings. The van der Waals surface area contributed by atoms with E-state index in [1.807, 2.05) is 38.4 Å². The second-order valence-electron chi connectivity index (χ2n) is 6.30. The first-order valence-corrected chi connectivity index (χ1v) is 7.61. The van der Waals surface area contributed by atoms with E-state index in [1.165, 1.54) is 0 Å². The van der Waals surface area contributed by atoms with Crippen molar-refractivity contribution in [2.45, 2.75) is 50.2 Å². The normalized spacial score (nSPS) is 21.1. The molecule has 2 fully saturated rings. The van der Waals surface area contributed by atoms with E-state index in [1.54, 1.807) is 0 Å². The maximum Gasteiger partial charge on any atom is 0.183 e. The number of carbonyl (C=O) groups excluding carboxylic acids is 1. The van der Waals surface area contributed by atoms with Gasteiger partial charge in [0.2, 0.25) is 0 Å². The van der Waals surface area contributed by atoms with Gasteiger partial charge < -0.3 is 4.74 Å². The van der Waals surface area contributed by atoms with Crippen molar-refractivity contribution >= 4 is 5.78 Å². The summed E-state index contributed by atoms with van der Waals surface area (Å²) in [7, 11) is 4.04. The van der Waals surface area contributed by atoms with Gasteiger partial charge in [-0.15, -0.1) is 0 Å². The molecule has 2 aliphatic rings. The average molecular weight is 273 g/mol. The lowest BCUT2D eigenvalue weighted by Crippen LogP contribution is -2.48. The summed E-state index contributed by atoms with van der Waals surface area (Å²) in [5.41, 5.74) is 0.516. The maximum absolute atomic E-state index is 12.9. The molecule has 0 bridgehead atoms. The first-order valence-electron chi connectivity index (χ1n) is 7.61. The van der Waals surface area contributed by atoms with Crippen LogP contribution in [-0.2, 0) is 0 Å². The molecule has 2 aliphatic carbocycles. The van der Waals surface area contributed by atoms with E-state index in [0.29, 0.717) is 6.10 Å². The van der Waals surface area contributed by atoms with Gasteiger partial charge in [0.15, 0.2) is 5.78 Å². The summed E-state index contributed by atoms with van der Waals surface area (Å²) in [5.74, 6) is 1.15. The van der Waals surface area contributed by atoms with E-state index in [0.717, 1.165) is 49.8 Å². The first-order chi connectivity index (χ1) is 9.62. The Kier molecular flexibility index (Phi) is 3.55. The standard InChI is InChI=1S/C17H23NO2/c1-18(2)17(11-3-4-12-17)16(19)13-5-7-14(8-6-13)20-15-9-10-15/h5-8,15H,3-4,9-12H2,1-2H3. The van der Waals surface area contributed by atoms with Crippen molar-refractivity contribution in [3.8, 4) is 5.75 Å². The minimum atomic E-state index is -0.293. The highest BCUT2D eigenvalue weighted by Crippen LogP contribution is 2.37. The van der Waals surface area contributed by atoms with E-state index >= 15 is 0 Å². The minimum absolute atomic E-state index is 0.262. The van der Waals surface area contributed by atoms with Crippen molar-refractivity contribution in [1.82, 2.24) is 4.90 Å². The largest absolute Gasteiger partial charge is 0.490 e. The molecule has 0 spiro atoms. The predicted molar refractivity (Wildman–Crippen MR) is 79.3 cm³/mol. The number of ketones is 1. The Balaban J connectivity index is 1.78. The van der Waals surface area contributed by atoms with Crippen LogP contribution in [0.4, 0.5) is 0 Å². The topological polar surface area (TPSA) is 29.5 Å². The second kappa shape index (κ2) is 5.21. The molecule has 0 aliphatic heterocycles. The molecule has 108 valence electrons. The molecule has 3 rings (SSSR count). The van der Waals surface area contributed by atoms with Gasteiger partial charge in [-0.05, 0) is 64.0 Å². The number of Topliss-reactive ketones (excluding diaryl/α,β-unsaturated/α-hetero) is 1. The zero-order valence-corrected chi connectivity index (χ0v) is 12.4. The van der Waals surface area contributed by atoms with E-state index in [4.69, 9.17) is 4.74 Å². The van der Waals surface area contributed by atoms with Gasteiger partial charge >= 0.3 is 0 Å². The number of ether oxygens (including phenoxy) is 1. The molecule has 0 heterocycles. The van der Waals surface area contributed by atoms with Crippen LogP contribution < -0.4 is 4.74 Å². The second-order valence-corrected chi connectivity index (χ2v) is 6.30. The lowest BCUT2D eigenvalue weighted by molar-refractivity contribution is 0.0693. The monoisotopic (exact) mass is 273 g/mol. The Bertz CT molecular complexity index is 482. The molecule has 0 amide bonds. The smallest absolute Gasteiger partial charge is 0.183 e. The third-order valence-corrected chi connectivity index (χ3v) is 4.65. The van der Waals surface area contributed by atoms with Gasteiger partial charge in [0, 0.05) is 5.56 Å². The Morgan fingerprint density at radius 1 is 1.15 bits per heavy atom. The molecule has 0 aromatic heterocycles. The first kappa shape index (κ1) is 13.6. The molecule has 0 radical (unpaired) electrons. The van der Waals surface area contributed by atoms with Gasteiger partial charge in [-0.25, -0.2) is 0 Å². The Morgan fingerprint density at radius 3 is 2.25 bits per heavy atom. The fourth-order valence-corrected chi connectivity index (χ4v) is 3.17. The van der Waals surface area contributed by atoms with Crippen LogP contribution in [0.1, 0.15) is 48.9 Å². The van der Waals surface area contributed by atoms with Gasteiger partial charge in [0.1, 0.15) is 5.75 Å². The Hall–Kier alpha value is -1.35. The van der Waals surface area contributed by atoms with Crippen molar-refractivity contribution in [2.75, 3.05) is 14.1 Å². The van der Waals surface area contributed by atoms with Crippen molar-refractivity contribution in [1.29, 1.82) is 0 Å². The highest BCUT2D eigenvalue weighted by molar-refractivity contribution is 6.03. The highest BCUT2D eigenvalue weighted by atomic mass is 16.5. The molecule has 1 aromatic carbocycles. The van der Waals surface area contributed by atoms with Crippen LogP contribution in [0.25, 0.3) is 0 Å². The number of carbonyl (C=O) groups is 1. The molecule has 20 heavy (non-hydrogen) atoms. The van der Waals surface area contributed by atoms with Crippen LogP contribution in [0.15, 0.2) is 24.3 Å². The van der Waals surface area contributed by atoms with Crippen molar-refractivity contribution in [3.63, 3.8) is 0 Å². The number of benzene rings is 1. The highest BCUT2D eigenvalue weighted by Gasteiger charge is 2.43. The van der Waals surface area contributed by atoms with Crippen LogP contribution in [0.3, 0.4) is 0 Å². The van der Waals surface area contributed by atoms with E-state index in [2.05, 4.69) is 4.90 Å². The van der Waals surface area contributed by atoms with Gasteiger partial charge in [-0.3, -0.25) is 9.69 Å². The minimum Gasteiger partial charge on any atom is -0.490 e. The third-order valence-electron chi connectivity index (χ3n) is 4.65. The van der Waals surface area contributed by atoms with E-state index in [-0.39, 0.29) is 11.3 Å². The average Bonchev–Trinajstić information content (AvgIpc) is 3.11. The zero-order valence-electron chi connectivity index (χ0n) is 12.4. The molecule has 0 atom stereocenters. The van der Waals surface area contributed by atoms with Crippen molar-refractivity contribution < 1.29 is 9.53 Å². The zero-order chi connectivity index (χ0) is 14.2. The van der Waals surface area contributed by atoms with Crippen molar-refractivity contribution in [2.24, 2.45) is 0 Å². The fraction of sp³-hybridized carbons (Fsp3) is 0.588. The number of rotatable bonds is 5. The molecule has 3 nitrogen and oxygen atoms in total. The summed E-state index contributed by atoms with van der Waals surface area (Å²) in [4.78, 5) is 15.0. The number of likely N-dealkylation sites (N-methyl/N-ethyl adjacent to an activating group) is 1. The molecule has 2 saturated carbocycles. The van der Waals surface area contributed by atoms with Crippen LogP contribution in [0.2, 0.25) is 0 Å². The van der Waals surface area contributed by atoms with Crippen LogP contribution in [0.5, 0.6) is 5.75 Å². The SMILES string of the molecule is CN(C)C1(C(=O)c2ccc(OC3CC3)cc2)CCCC1. The van der Waals surface area contributed by atoms with Gasteiger partial charge in [-0.1, -0.05) is 12.8 Å².